The van der Waals surface area contributed by atoms with Crippen LogP contribution in [-0.2, 0) is 4.79 Å². The van der Waals surface area contributed by atoms with Gasteiger partial charge in [0.25, 0.3) is 11.5 Å². The number of hydrogen-bond acceptors (Lipinski definition) is 6. The maximum absolute atomic E-state index is 12.9. The average molecular weight is 400 g/mol. The summed E-state index contributed by atoms with van der Waals surface area (Å²) >= 11 is 0. The van der Waals surface area contributed by atoms with Crippen LogP contribution in [-0.4, -0.2) is 50.2 Å². The number of carboxylic acid groups (broad SMARTS) is 1. The van der Waals surface area contributed by atoms with Gasteiger partial charge in [0.1, 0.15) is 17.8 Å². The lowest BCUT2D eigenvalue weighted by atomic mass is 10.1. The number of carbonyl (C=O) groups excluding carboxylic acids is 1. The smallest absolute Gasteiger partial charge is 0.322 e. The van der Waals surface area contributed by atoms with E-state index < -0.39 is 35.3 Å². The third-order valence-electron chi connectivity index (χ3n) is 4.30. The lowest BCUT2D eigenvalue weighted by molar-refractivity contribution is -0.135. The molecule has 1 amide bonds. The van der Waals surface area contributed by atoms with Crippen molar-refractivity contribution in [1.29, 1.82) is 0 Å². The summed E-state index contributed by atoms with van der Waals surface area (Å²) < 4.78 is 7.60. The third kappa shape index (κ3) is 3.64. The van der Waals surface area contributed by atoms with Crippen molar-refractivity contribution in [3.63, 3.8) is 0 Å². The van der Waals surface area contributed by atoms with Crippen LogP contribution in [0.15, 0.2) is 35.1 Å². The van der Waals surface area contributed by atoms with Gasteiger partial charge in [-0.3, -0.25) is 14.4 Å². The molecule has 1 aromatic carbocycles. The first-order valence-electron chi connectivity index (χ1n) is 8.76. The fourth-order valence-electron chi connectivity index (χ4n) is 2.93. The fraction of sp³-hybridized carbons (Fsp3) is 0.263. The number of benzene rings is 1. The van der Waals surface area contributed by atoms with Crippen LogP contribution in [0.5, 0.6) is 11.5 Å². The maximum atomic E-state index is 12.9. The maximum Gasteiger partial charge on any atom is 0.322 e. The molecular formula is C19H20N4O6. The Labute approximate surface area is 164 Å². The first kappa shape index (κ1) is 19.9. The van der Waals surface area contributed by atoms with E-state index in [0.29, 0.717) is 17.0 Å². The van der Waals surface area contributed by atoms with E-state index in [1.165, 1.54) is 9.31 Å². The van der Waals surface area contributed by atoms with Crippen LogP contribution in [0, 0.1) is 0 Å². The highest BCUT2D eigenvalue weighted by atomic mass is 16.5. The van der Waals surface area contributed by atoms with Gasteiger partial charge in [-0.25, -0.2) is 4.68 Å². The molecule has 10 nitrogen and oxygen atoms in total. The Morgan fingerprint density at radius 3 is 2.45 bits per heavy atom. The summed E-state index contributed by atoms with van der Waals surface area (Å²) in [4.78, 5) is 36.0. The fourth-order valence-corrected chi connectivity index (χ4v) is 2.93. The summed E-state index contributed by atoms with van der Waals surface area (Å²) in [6.45, 7) is 2.78. The Morgan fingerprint density at radius 1 is 1.24 bits per heavy atom. The number of carboxylic acids is 1. The molecule has 0 bridgehead atoms. The second-order valence-electron chi connectivity index (χ2n) is 6.58. The lowest BCUT2D eigenvalue weighted by Gasteiger charge is -2.15. The molecule has 10 heteroatoms. The van der Waals surface area contributed by atoms with Crippen LogP contribution in [0.4, 0.5) is 0 Å². The highest BCUT2D eigenvalue weighted by Crippen LogP contribution is 2.28. The molecule has 0 saturated heterocycles. The third-order valence-corrected chi connectivity index (χ3v) is 4.30. The molecular weight excluding hydrogens is 380 g/mol. The summed E-state index contributed by atoms with van der Waals surface area (Å²) in [5, 5.41) is 25.9. The topological polar surface area (TPSA) is 135 Å². The van der Waals surface area contributed by atoms with Gasteiger partial charge in [0, 0.05) is 5.56 Å². The van der Waals surface area contributed by atoms with Crippen molar-refractivity contribution in [3.05, 3.63) is 46.2 Å². The minimum Gasteiger partial charge on any atom is -0.505 e. The van der Waals surface area contributed by atoms with Crippen LogP contribution in [0.25, 0.3) is 16.8 Å². The summed E-state index contributed by atoms with van der Waals surface area (Å²) in [5.74, 6) is -2.15. The average Bonchev–Trinajstić information content (AvgIpc) is 3.11. The van der Waals surface area contributed by atoms with Crippen molar-refractivity contribution in [1.82, 2.24) is 19.7 Å². The van der Waals surface area contributed by atoms with Crippen molar-refractivity contribution in [2.24, 2.45) is 0 Å². The number of aromatic hydroxyl groups is 1. The second kappa shape index (κ2) is 7.66. The number of fused-ring (bicyclic) bond motifs is 1. The molecule has 0 atom stereocenters. The second-order valence-corrected chi connectivity index (χ2v) is 6.58. The van der Waals surface area contributed by atoms with Crippen molar-refractivity contribution < 1.29 is 24.5 Å². The standard InChI is InChI=1S/C19H20N4O6/c1-10(2)22-19(28)16(18(27)20-9-15(24)25)17(26)14-8-13(21-23(14)22)11-4-6-12(29-3)7-5-11/h4-8,10,26H,9H2,1-3H3,(H,20,27)(H,24,25). The summed E-state index contributed by atoms with van der Waals surface area (Å²) in [7, 11) is 1.55. The number of amides is 1. The van der Waals surface area contributed by atoms with E-state index in [9.17, 15) is 19.5 Å². The number of aromatic nitrogens is 3. The molecule has 0 aliphatic rings. The van der Waals surface area contributed by atoms with Gasteiger partial charge in [-0.1, -0.05) is 0 Å². The molecule has 29 heavy (non-hydrogen) atoms. The molecule has 0 saturated carbocycles. The molecule has 2 aromatic heterocycles. The molecule has 0 unspecified atom stereocenters. The van der Waals surface area contributed by atoms with E-state index in [-0.39, 0.29) is 11.6 Å². The number of rotatable bonds is 6. The van der Waals surface area contributed by atoms with Gasteiger partial charge >= 0.3 is 5.97 Å². The van der Waals surface area contributed by atoms with Crippen LogP contribution in [0.2, 0.25) is 0 Å². The minimum absolute atomic E-state index is 0.143. The Balaban J connectivity index is 2.21. The van der Waals surface area contributed by atoms with Crippen molar-refractivity contribution in [2.45, 2.75) is 19.9 Å². The lowest BCUT2D eigenvalue weighted by Crippen LogP contribution is -2.38. The number of carbonyl (C=O) groups is 2. The molecule has 0 radical (unpaired) electrons. The van der Waals surface area contributed by atoms with Crippen molar-refractivity contribution in [2.75, 3.05) is 13.7 Å². The van der Waals surface area contributed by atoms with Gasteiger partial charge in [0.2, 0.25) is 0 Å². The number of nitrogens with one attached hydrogen (secondary N) is 1. The Kier molecular flexibility index (Phi) is 5.26. The first-order chi connectivity index (χ1) is 13.7. The van der Waals surface area contributed by atoms with Gasteiger partial charge in [-0.2, -0.15) is 9.73 Å². The first-order valence-corrected chi connectivity index (χ1v) is 8.76. The molecule has 2 heterocycles. The molecule has 0 spiro atoms. The van der Waals surface area contributed by atoms with Gasteiger partial charge in [-0.05, 0) is 44.2 Å². The zero-order valence-corrected chi connectivity index (χ0v) is 16.0. The summed E-state index contributed by atoms with van der Waals surface area (Å²) in [5.41, 5.74) is 0.0175. The highest BCUT2D eigenvalue weighted by molar-refractivity contribution is 6.00. The number of aliphatic carboxylic acids is 1. The summed E-state index contributed by atoms with van der Waals surface area (Å²) in [6.07, 6.45) is 0. The van der Waals surface area contributed by atoms with Crippen molar-refractivity contribution in [3.8, 4) is 22.8 Å². The SMILES string of the molecule is COc1ccc(-c2cc3c(O)c(C(=O)NCC(=O)O)c(=O)n(C(C)C)n3n2)cc1. The predicted molar refractivity (Wildman–Crippen MR) is 103 cm³/mol. The molecule has 3 N–H and O–H groups in total. The van der Waals surface area contributed by atoms with E-state index in [1.54, 1.807) is 51.3 Å². The van der Waals surface area contributed by atoms with E-state index >= 15 is 0 Å². The predicted octanol–water partition coefficient (Wildman–Crippen LogP) is 1.27. The number of hydrogen-bond donors (Lipinski definition) is 3. The van der Waals surface area contributed by atoms with Gasteiger partial charge in [0.15, 0.2) is 11.3 Å². The molecule has 0 aliphatic carbocycles. The van der Waals surface area contributed by atoms with E-state index in [0.717, 1.165) is 0 Å². The molecule has 0 aliphatic heterocycles. The van der Waals surface area contributed by atoms with Gasteiger partial charge < -0.3 is 20.3 Å². The monoisotopic (exact) mass is 400 g/mol. The van der Waals surface area contributed by atoms with E-state index in [4.69, 9.17) is 9.84 Å². The van der Waals surface area contributed by atoms with Crippen LogP contribution in [0.1, 0.15) is 30.2 Å². The van der Waals surface area contributed by atoms with E-state index in [1.807, 2.05) is 0 Å². The highest BCUT2D eigenvalue weighted by Gasteiger charge is 2.25. The molecule has 152 valence electrons. The molecule has 3 rings (SSSR count). The van der Waals surface area contributed by atoms with Crippen LogP contribution >= 0.6 is 0 Å². The Bertz CT molecular complexity index is 1140. The summed E-state index contributed by atoms with van der Waals surface area (Å²) in [6, 6.07) is 8.20. The Morgan fingerprint density at radius 2 is 1.90 bits per heavy atom. The molecule has 3 aromatic rings. The minimum atomic E-state index is -1.27. The van der Waals surface area contributed by atoms with Crippen LogP contribution in [0.3, 0.4) is 0 Å². The normalized spacial score (nSPS) is 11.0. The number of ether oxygens (including phenoxy) is 1. The zero-order chi connectivity index (χ0) is 21.3. The number of nitrogens with zero attached hydrogens (tertiary/aromatic N) is 3. The Hall–Kier alpha value is -3.82. The number of methoxy groups -OCH3 is 1. The largest absolute Gasteiger partial charge is 0.505 e. The quantitative estimate of drug-likeness (QED) is 0.567. The molecule has 0 fully saturated rings. The van der Waals surface area contributed by atoms with Crippen molar-refractivity contribution >= 4 is 17.4 Å². The van der Waals surface area contributed by atoms with Gasteiger partial charge in [0.05, 0.1) is 18.8 Å². The van der Waals surface area contributed by atoms with E-state index in [2.05, 4.69) is 10.4 Å². The van der Waals surface area contributed by atoms with Crippen LogP contribution < -0.4 is 15.6 Å². The zero-order valence-electron chi connectivity index (χ0n) is 16.0. The van der Waals surface area contributed by atoms with Gasteiger partial charge in [-0.15, -0.1) is 0 Å².